The highest BCUT2D eigenvalue weighted by Gasteiger charge is 2.22. The first-order valence-electron chi connectivity index (χ1n) is 7.71. The van der Waals surface area contributed by atoms with Gasteiger partial charge in [0, 0.05) is 32.2 Å². The summed E-state index contributed by atoms with van der Waals surface area (Å²) in [5.74, 6) is 0.893. The van der Waals surface area contributed by atoms with Crippen LogP contribution in [0.15, 0.2) is 0 Å². The summed E-state index contributed by atoms with van der Waals surface area (Å²) in [6.45, 7) is 17.8. The predicted octanol–water partition coefficient (Wildman–Crippen LogP) is 1.99. The lowest BCUT2D eigenvalue weighted by Gasteiger charge is -2.28. The van der Waals surface area contributed by atoms with Gasteiger partial charge >= 0.3 is 0 Å². The summed E-state index contributed by atoms with van der Waals surface area (Å²) in [5.41, 5.74) is 0. The van der Waals surface area contributed by atoms with Gasteiger partial charge in [-0.15, -0.1) is 0 Å². The lowest BCUT2D eigenvalue weighted by atomic mass is 10.1. The summed E-state index contributed by atoms with van der Waals surface area (Å²) in [6.07, 6.45) is 1.39. The van der Waals surface area contributed by atoms with Crippen LogP contribution in [0, 0.1) is 5.92 Å². The first kappa shape index (κ1) is 15.9. The van der Waals surface area contributed by atoms with Gasteiger partial charge in [-0.1, -0.05) is 13.8 Å². The molecule has 0 aromatic rings. The van der Waals surface area contributed by atoms with E-state index in [0.717, 1.165) is 5.92 Å². The Balaban J connectivity index is 2.19. The third-order valence-corrected chi connectivity index (χ3v) is 4.29. The minimum absolute atomic E-state index is 0.672. The Hall–Kier alpha value is -0.120. The van der Waals surface area contributed by atoms with Crippen molar-refractivity contribution in [2.45, 2.75) is 40.2 Å². The average Bonchev–Trinajstić information content (AvgIpc) is 2.77. The highest BCUT2D eigenvalue weighted by Crippen LogP contribution is 2.16. The van der Waals surface area contributed by atoms with E-state index in [-0.39, 0.29) is 0 Å². The van der Waals surface area contributed by atoms with Crippen molar-refractivity contribution in [2.24, 2.45) is 5.92 Å². The minimum atomic E-state index is 0.672. The predicted molar refractivity (Wildman–Crippen MR) is 80.1 cm³/mol. The zero-order valence-corrected chi connectivity index (χ0v) is 13.2. The topological polar surface area (TPSA) is 9.72 Å². The molecule has 1 aliphatic rings. The molecular weight excluding hydrogens is 222 g/mol. The third-order valence-electron chi connectivity index (χ3n) is 4.29. The highest BCUT2D eigenvalue weighted by molar-refractivity contribution is 4.77. The number of hydrogen-bond acceptors (Lipinski definition) is 3. The van der Waals surface area contributed by atoms with Gasteiger partial charge in [-0.05, 0) is 52.9 Å². The van der Waals surface area contributed by atoms with Crippen LogP contribution in [0.5, 0.6) is 0 Å². The normalized spacial score (nSPS) is 21.7. The van der Waals surface area contributed by atoms with Crippen LogP contribution in [0.25, 0.3) is 0 Å². The Morgan fingerprint density at radius 3 is 2.44 bits per heavy atom. The summed E-state index contributed by atoms with van der Waals surface area (Å²) < 4.78 is 0. The lowest BCUT2D eigenvalue weighted by molar-refractivity contribution is 0.186. The van der Waals surface area contributed by atoms with E-state index < -0.39 is 0 Å². The number of rotatable bonds is 8. The molecule has 1 fully saturated rings. The van der Waals surface area contributed by atoms with E-state index in [1.165, 1.54) is 52.2 Å². The van der Waals surface area contributed by atoms with Crippen LogP contribution in [0.1, 0.15) is 34.1 Å². The van der Waals surface area contributed by atoms with E-state index in [1.807, 2.05) is 0 Å². The quantitative estimate of drug-likeness (QED) is 0.657. The maximum Gasteiger partial charge on any atom is 0.0112 e. The van der Waals surface area contributed by atoms with Crippen molar-refractivity contribution in [1.29, 1.82) is 0 Å². The zero-order valence-electron chi connectivity index (χ0n) is 13.2. The average molecular weight is 255 g/mol. The van der Waals surface area contributed by atoms with E-state index in [2.05, 4.69) is 49.4 Å². The van der Waals surface area contributed by atoms with Crippen LogP contribution in [-0.2, 0) is 0 Å². The summed E-state index contributed by atoms with van der Waals surface area (Å²) in [6, 6.07) is 0.672. The first-order chi connectivity index (χ1) is 8.56. The molecule has 1 aliphatic heterocycles. The first-order valence-corrected chi connectivity index (χ1v) is 7.71. The Morgan fingerprint density at radius 1 is 1.22 bits per heavy atom. The van der Waals surface area contributed by atoms with Gasteiger partial charge < -0.3 is 9.80 Å². The van der Waals surface area contributed by atoms with Crippen LogP contribution in [0.3, 0.4) is 0 Å². The Kier molecular flexibility index (Phi) is 7.20. The van der Waals surface area contributed by atoms with Crippen LogP contribution in [-0.4, -0.2) is 73.6 Å². The van der Waals surface area contributed by atoms with E-state index in [9.17, 15) is 0 Å². The standard InChI is InChI=1S/C15H33N3/c1-6-17-9-8-15(13-17)12-16(5)10-11-18(7-2)14(3)4/h14-15H,6-13H2,1-5H3/t15-/m0/s1. The molecule has 3 heteroatoms. The van der Waals surface area contributed by atoms with Gasteiger partial charge in [0.2, 0.25) is 0 Å². The molecule has 0 radical (unpaired) electrons. The van der Waals surface area contributed by atoms with Crippen LogP contribution < -0.4 is 0 Å². The fraction of sp³-hybridized carbons (Fsp3) is 1.00. The molecule has 0 aliphatic carbocycles. The fourth-order valence-electron chi connectivity index (χ4n) is 2.96. The number of hydrogen-bond donors (Lipinski definition) is 0. The van der Waals surface area contributed by atoms with E-state index in [1.54, 1.807) is 0 Å². The Morgan fingerprint density at radius 2 is 1.94 bits per heavy atom. The lowest BCUT2D eigenvalue weighted by Crippen LogP contribution is -2.39. The molecule has 1 heterocycles. The SMILES string of the molecule is CCN1CC[C@@H](CN(C)CCN(CC)C(C)C)C1. The summed E-state index contributed by atoms with van der Waals surface area (Å²) >= 11 is 0. The molecule has 1 saturated heterocycles. The maximum atomic E-state index is 2.57. The summed E-state index contributed by atoms with van der Waals surface area (Å²) in [4.78, 5) is 7.64. The van der Waals surface area contributed by atoms with Crippen LogP contribution >= 0.6 is 0 Å². The monoisotopic (exact) mass is 255 g/mol. The molecule has 108 valence electrons. The second-order valence-electron chi connectivity index (χ2n) is 6.03. The molecule has 0 aromatic heterocycles. The molecule has 0 bridgehead atoms. The molecule has 0 amide bonds. The van der Waals surface area contributed by atoms with Gasteiger partial charge in [-0.3, -0.25) is 4.90 Å². The van der Waals surface area contributed by atoms with Gasteiger partial charge in [0.25, 0.3) is 0 Å². The molecule has 1 rings (SSSR count). The molecular formula is C15H33N3. The van der Waals surface area contributed by atoms with E-state index in [4.69, 9.17) is 0 Å². The minimum Gasteiger partial charge on any atom is -0.305 e. The molecule has 0 saturated carbocycles. The summed E-state index contributed by atoms with van der Waals surface area (Å²) in [5, 5.41) is 0. The van der Waals surface area contributed by atoms with Crippen LogP contribution in [0.2, 0.25) is 0 Å². The van der Waals surface area contributed by atoms with Gasteiger partial charge in [-0.2, -0.15) is 0 Å². The highest BCUT2D eigenvalue weighted by atomic mass is 15.2. The van der Waals surface area contributed by atoms with Crippen molar-refractivity contribution in [3.63, 3.8) is 0 Å². The molecule has 18 heavy (non-hydrogen) atoms. The van der Waals surface area contributed by atoms with Crippen molar-refractivity contribution in [3.8, 4) is 0 Å². The second kappa shape index (κ2) is 8.13. The molecule has 0 unspecified atom stereocenters. The van der Waals surface area contributed by atoms with Crippen molar-refractivity contribution in [1.82, 2.24) is 14.7 Å². The smallest absolute Gasteiger partial charge is 0.0112 e. The fourth-order valence-corrected chi connectivity index (χ4v) is 2.96. The zero-order chi connectivity index (χ0) is 13.5. The largest absolute Gasteiger partial charge is 0.305 e. The molecule has 0 spiro atoms. The summed E-state index contributed by atoms with van der Waals surface area (Å²) in [7, 11) is 2.28. The van der Waals surface area contributed by atoms with Crippen LogP contribution in [0.4, 0.5) is 0 Å². The number of nitrogens with zero attached hydrogens (tertiary/aromatic N) is 3. The van der Waals surface area contributed by atoms with Crippen molar-refractivity contribution >= 4 is 0 Å². The van der Waals surface area contributed by atoms with E-state index >= 15 is 0 Å². The number of likely N-dealkylation sites (tertiary alicyclic amines) is 1. The maximum absolute atomic E-state index is 2.57. The number of likely N-dealkylation sites (N-methyl/N-ethyl adjacent to an activating group) is 2. The molecule has 3 nitrogen and oxygen atoms in total. The molecule has 1 atom stereocenters. The van der Waals surface area contributed by atoms with Crippen molar-refractivity contribution in [2.75, 3.05) is 52.9 Å². The molecule has 0 N–H and O–H groups in total. The van der Waals surface area contributed by atoms with Gasteiger partial charge in [0.05, 0.1) is 0 Å². The Bertz CT molecular complexity index is 218. The van der Waals surface area contributed by atoms with Crippen molar-refractivity contribution < 1.29 is 0 Å². The molecule has 0 aromatic carbocycles. The third kappa shape index (κ3) is 5.25. The second-order valence-corrected chi connectivity index (χ2v) is 6.03. The Labute approximate surface area is 114 Å². The van der Waals surface area contributed by atoms with Gasteiger partial charge in [0.1, 0.15) is 0 Å². The van der Waals surface area contributed by atoms with Crippen molar-refractivity contribution in [3.05, 3.63) is 0 Å². The van der Waals surface area contributed by atoms with E-state index in [0.29, 0.717) is 6.04 Å². The van der Waals surface area contributed by atoms with Gasteiger partial charge in [0.15, 0.2) is 0 Å². The van der Waals surface area contributed by atoms with Gasteiger partial charge in [-0.25, -0.2) is 0 Å².